The summed E-state index contributed by atoms with van der Waals surface area (Å²) in [5, 5.41) is 1.01. The highest BCUT2D eigenvalue weighted by atomic mass is 35.5. The molecule has 5 heteroatoms. The summed E-state index contributed by atoms with van der Waals surface area (Å²) in [6, 6.07) is 26.5. The van der Waals surface area contributed by atoms with Crippen LogP contribution in [0.25, 0.3) is 10.9 Å². The number of benzene rings is 3. The van der Waals surface area contributed by atoms with E-state index in [4.69, 9.17) is 11.6 Å². The van der Waals surface area contributed by atoms with E-state index in [2.05, 4.69) is 0 Å². The average molecular weight is 417 g/mol. The summed E-state index contributed by atoms with van der Waals surface area (Å²) in [5.74, 6) is -0.0254. The number of hydrogen-bond donors (Lipinski definition) is 0. The third-order valence-corrected chi connectivity index (χ3v) is 5.27. The van der Waals surface area contributed by atoms with Crippen molar-refractivity contribution in [3.05, 3.63) is 117 Å². The number of hydrogen-bond acceptors (Lipinski definition) is 2. The zero-order chi connectivity index (χ0) is 20.9. The quantitative estimate of drug-likeness (QED) is 0.449. The number of halogens is 1. The maximum Gasteiger partial charge on any atom is 0.243 e. The van der Waals surface area contributed by atoms with Gasteiger partial charge in [0.1, 0.15) is 6.54 Å². The van der Waals surface area contributed by atoms with Gasteiger partial charge < -0.3 is 9.47 Å². The van der Waals surface area contributed by atoms with Crippen LogP contribution in [-0.4, -0.2) is 15.4 Å². The van der Waals surface area contributed by atoms with Gasteiger partial charge in [0, 0.05) is 35.8 Å². The molecule has 3 aromatic carbocycles. The van der Waals surface area contributed by atoms with Crippen molar-refractivity contribution in [3.8, 4) is 0 Å². The lowest BCUT2D eigenvalue weighted by Gasteiger charge is -2.24. The van der Waals surface area contributed by atoms with E-state index in [0.717, 1.165) is 11.1 Å². The van der Waals surface area contributed by atoms with Crippen molar-refractivity contribution >= 4 is 28.4 Å². The molecule has 4 rings (SSSR count). The van der Waals surface area contributed by atoms with Crippen molar-refractivity contribution < 1.29 is 4.79 Å². The van der Waals surface area contributed by atoms with Gasteiger partial charge in [-0.2, -0.15) is 0 Å². The number of carbonyl (C=O) groups excluding carboxylic acids is 1. The second-order valence-electron chi connectivity index (χ2n) is 7.19. The van der Waals surface area contributed by atoms with E-state index < -0.39 is 0 Å². The summed E-state index contributed by atoms with van der Waals surface area (Å²) in [5.41, 5.74) is 2.72. The molecule has 0 aliphatic heterocycles. The van der Waals surface area contributed by atoms with Gasteiger partial charge in [-0.15, -0.1) is 0 Å². The topological polar surface area (TPSA) is 42.3 Å². The summed E-state index contributed by atoms with van der Waals surface area (Å²) in [6.45, 7) is 1.16. The minimum atomic E-state index is -0.110. The lowest BCUT2D eigenvalue weighted by molar-refractivity contribution is -0.133. The third-order valence-electron chi connectivity index (χ3n) is 5.03. The Morgan fingerprint density at radius 3 is 2.03 bits per heavy atom. The number of carbonyl (C=O) groups is 1. The Morgan fingerprint density at radius 1 is 0.833 bits per heavy atom. The summed E-state index contributed by atoms with van der Waals surface area (Å²) < 4.78 is 1.80. The van der Waals surface area contributed by atoms with E-state index in [1.165, 1.54) is 6.07 Å². The minimum absolute atomic E-state index is 0.0254. The molecule has 0 spiro atoms. The first-order valence-corrected chi connectivity index (χ1v) is 10.1. The number of pyridine rings is 1. The molecular weight excluding hydrogens is 396 g/mol. The first kappa shape index (κ1) is 19.9. The minimum Gasteiger partial charge on any atom is -0.338 e. The number of nitrogens with zero attached hydrogens (tertiary/aromatic N) is 2. The summed E-state index contributed by atoms with van der Waals surface area (Å²) in [4.78, 5) is 27.4. The van der Waals surface area contributed by atoms with Crippen LogP contribution in [0.5, 0.6) is 0 Å². The Labute approximate surface area is 180 Å². The Morgan fingerprint density at radius 2 is 1.43 bits per heavy atom. The zero-order valence-electron chi connectivity index (χ0n) is 16.4. The molecule has 1 aromatic heterocycles. The van der Waals surface area contributed by atoms with Gasteiger partial charge in [-0.3, -0.25) is 9.59 Å². The van der Waals surface area contributed by atoms with Crippen molar-refractivity contribution in [3.63, 3.8) is 0 Å². The zero-order valence-corrected chi connectivity index (χ0v) is 17.1. The number of amides is 1. The van der Waals surface area contributed by atoms with Crippen molar-refractivity contribution in [1.82, 2.24) is 9.47 Å². The van der Waals surface area contributed by atoms with E-state index in [9.17, 15) is 9.59 Å². The number of aromatic nitrogens is 1. The van der Waals surface area contributed by atoms with Gasteiger partial charge in [-0.05, 0) is 29.3 Å². The smallest absolute Gasteiger partial charge is 0.243 e. The first-order valence-electron chi connectivity index (χ1n) is 9.74. The van der Waals surface area contributed by atoms with Gasteiger partial charge in [0.25, 0.3) is 0 Å². The highest BCUT2D eigenvalue weighted by molar-refractivity contribution is 6.31. The molecule has 0 N–H and O–H groups in total. The normalized spacial score (nSPS) is 10.8. The van der Waals surface area contributed by atoms with E-state index >= 15 is 0 Å². The molecule has 30 heavy (non-hydrogen) atoms. The third kappa shape index (κ3) is 4.61. The fourth-order valence-electron chi connectivity index (χ4n) is 3.51. The number of rotatable bonds is 6. The molecule has 1 amide bonds. The van der Waals surface area contributed by atoms with Gasteiger partial charge in [0.2, 0.25) is 5.91 Å². The van der Waals surface area contributed by atoms with Gasteiger partial charge in [0.05, 0.1) is 5.52 Å². The monoisotopic (exact) mass is 416 g/mol. The van der Waals surface area contributed by atoms with Crippen LogP contribution in [0.2, 0.25) is 5.02 Å². The second-order valence-corrected chi connectivity index (χ2v) is 7.63. The standard InChI is InChI=1S/C25H21ClN2O2/c26-21-11-12-23-22(15-21)24(29)13-14-27(23)18-25(30)28(16-19-7-3-1-4-8-19)17-20-9-5-2-6-10-20/h1-15H,16-18H2. The van der Waals surface area contributed by atoms with Crippen LogP contribution in [0.3, 0.4) is 0 Å². The first-order chi connectivity index (χ1) is 14.6. The van der Waals surface area contributed by atoms with E-state index in [1.807, 2.05) is 65.6 Å². The lowest BCUT2D eigenvalue weighted by Crippen LogP contribution is -2.33. The van der Waals surface area contributed by atoms with Crippen LogP contribution in [-0.2, 0) is 24.4 Å². The molecule has 0 unspecified atom stereocenters. The van der Waals surface area contributed by atoms with Crippen LogP contribution >= 0.6 is 11.6 Å². The second kappa shape index (κ2) is 8.97. The molecule has 1 heterocycles. The Hall–Kier alpha value is -3.37. The van der Waals surface area contributed by atoms with Crippen LogP contribution < -0.4 is 5.43 Å². The molecule has 4 nitrogen and oxygen atoms in total. The molecule has 0 fully saturated rings. The number of fused-ring (bicyclic) bond motifs is 1. The van der Waals surface area contributed by atoms with Crippen molar-refractivity contribution in [2.45, 2.75) is 19.6 Å². The fourth-order valence-corrected chi connectivity index (χ4v) is 3.68. The molecule has 0 radical (unpaired) electrons. The van der Waals surface area contributed by atoms with E-state index in [-0.39, 0.29) is 17.9 Å². The van der Waals surface area contributed by atoms with Crippen molar-refractivity contribution in [2.24, 2.45) is 0 Å². The molecule has 4 aromatic rings. The Kier molecular flexibility index (Phi) is 5.96. The Balaban J connectivity index is 1.64. The highest BCUT2D eigenvalue weighted by Gasteiger charge is 2.16. The van der Waals surface area contributed by atoms with Gasteiger partial charge in [-0.25, -0.2) is 0 Å². The largest absolute Gasteiger partial charge is 0.338 e. The predicted octanol–water partition coefficient (Wildman–Crippen LogP) is 4.88. The Bertz CT molecular complexity index is 1180. The summed E-state index contributed by atoms with van der Waals surface area (Å²) in [6.07, 6.45) is 1.67. The van der Waals surface area contributed by atoms with Crippen LogP contribution in [0.15, 0.2) is 95.9 Å². The van der Waals surface area contributed by atoms with Crippen LogP contribution in [0.4, 0.5) is 0 Å². The van der Waals surface area contributed by atoms with Gasteiger partial charge >= 0.3 is 0 Å². The van der Waals surface area contributed by atoms with E-state index in [0.29, 0.717) is 29.0 Å². The SMILES string of the molecule is O=C(Cn1ccc(=O)c2cc(Cl)ccc21)N(Cc1ccccc1)Cc1ccccc1. The maximum atomic E-state index is 13.3. The average Bonchev–Trinajstić information content (AvgIpc) is 2.77. The lowest BCUT2D eigenvalue weighted by atomic mass is 10.1. The summed E-state index contributed by atoms with van der Waals surface area (Å²) >= 11 is 6.06. The van der Waals surface area contributed by atoms with Crippen LogP contribution in [0.1, 0.15) is 11.1 Å². The fraction of sp³-hybridized carbons (Fsp3) is 0.120. The maximum absolute atomic E-state index is 13.3. The van der Waals surface area contributed by atoms with Crippen molar-refractivity contribution in [2.75, 3.05) is 0 Å². The summed E-state index contributed by atoms with van der Waals surface area (Å²) in [7, 11) is 0. The predicted molar refractivity (Wildman–Crippen MR) is 120 cm³/mol. The molecule has 0 aliphatic carbocycles. The molecule has 0 aliphatic rings. The van der Waals surface area contributed by atoms with Crippen LogP contribution in [0, 0.1) is 0 Å². The van der Waals surface area contributed by atoms with Crippen molar-refractivity contribution in [1.29, 1.82) is 0 Å². The molecule has 0 atom stereocenters. The molecule has 0 saturated heterocycles. The molecule has 150 valence electrons. The molecular formula is C25H21ClN2O2. The highest BCUT2D eigenvalue weighted by Crippen LogP contribution is 2.17. The van der Waals surface area contributed by atoms with Gasteiger partial charge in [0.15, 0.2) is 5.43 Å². The van der Waals surface area contributed by atoms with Gasteiger partial charge in [-0.1, -0.05) is 72.3 Å². The molecule has 0 bridgehead atoms. The van der Waals surface area contributed by atoms with E-state index in [1.54, 1.807) is 29.0 Å². The molecule has 0 saturated carbocycles.